The van der Waals surface area contributed by atoms with Crippen LogP contribution in [0.25, 0.3) is 0 Å². The molecule has 1 aromatic carbocycles. The second kappa shape index (κ2) is 4.81. The Kier molecular flexibility index (Phi) is 3.70. The molecule has 0 radical (unpaired) electrons. The average Bonchev–Trinajstić information content (AvgIpc) is 2.22. The van der Waals surface area contributed by atoms with Crippen molar-refractivity contribution in [1.82, 2.24) is 0 Å². The van der Waals surface area contributed by atoms with Crippen LogP contribution >= 0.6 is 0 Å². The van der Waals surface area contributed by atoms with Gasteiger partial charge in [0.1, 0.15) is 17.7 Å². The van der Waals surface area contributed by atoms with Crippen molar-refractivity contribution in [2.24, 2.45) is 5.73 Å². The first-order valence-electron chi connectivity index (χ1n) is 4.18. The third-order valence-corrected chi connectivity index (χ3v) is 1.71. The van der Waals surface area contributed by atoms with Crippen LogP contribution < -0.4 is 11.1 Å². The van der Waals surface area contributed by atoms with E-state index in [0.29, 0.717) is 0 Å². The number of amides is 1. The number of benzene rings is 1. The maximum atomic E-state index is 13.0. The van der Waals surface area contributed by atoms with E-state index in [2.05, 4.69) is 0 Å². The number of carbonyl (C=O) groups is 1. The van der Waals surface area contributed by atoms with Gasteiger partial charge in [0.2, 0.25) is 0 Å². The lowest BCUT2D eigenvalue weighted by molar-refractivity contribution is -0.123. The number of nitrogens with one attached hydrogen (secondary N) is 1. The first-order valence-corrected chi connectivity index (χ1v) is 4.18. The van der Waals surface area contributed by atoms with E-state index in [1.807, 2.05) is 5.32 Å². The van der Waals surface area contributed by atoms with Gasteiger partial charge in [-0.1, -0.05) is 0 Å². The van der Waals surface area contributed by atoms with Gasteiger partial charge in [0, 0.05) is 12.6 Å². The summed E-state index contributed by atoms with van der Waals surface area (Å²) in [6.07, 6.45) is -1.44. The molecule has 0 saturated carbocycles. The van der Waals surface area contributed by atoms with E-state index in [9.17, 15) is 13.6 Å². The minimum Gasteiger partial charge on any atom is -0.382 e. The smallest absolute Gasteiger partial charge is 0.254 e. The number of aliphatic hydroxyl groups is 1. The van der Waals surface area contributed by atoms with E-state index in [1.54, 1.807) is 0 Å². The van der Waals surface area contributed by atoms with Gasteiger partial charge in [-0.3, -0.25) is 4.79 Å². The van der Waals surface area contributed by atoms with Gasteiger partial charge < -0.3 is 16.2 Å². The van der Waals surface area contributed by atoms with Crippen molar-refractivity contribution in [3.05, 3.63) is 29.8 Å². The van der Waals surface area contributed by atoms with Crippen molar-refractivity contribution in [3.63, 3.8) is 0 Å². The molecule has 1 amide bonds. The molecule has 1 atom stereocenters. The molecule has 0 bridgehead atoms. The Morgan fingerprint density at radius 1 is 1.53 bits per heavy atom. The predicted molar refractivity (Wildman–Crippen MR) is 50.0 cm³/mol. The Labute approximate surface area is 84.7 Å². The van der Waals surface area contributed by atoms with E-state index in [1.165, 1.54) is 0 Å². The maximum Gasteiger partial charge on any atom is 0.254 e. The zero-order valence-corrected chi connectivity index (χ0v) is 7.71. The van der Waals surface area contributed by atoms with Crippen molar-refractivity contribution in [1.29, 1.82) is 0 Å². The molecule has 0 heterocycles. The van der Waals surface area contributed by atoms with Gasteiger partial charge in [-0.25, -0.2) is 8.78 Å². The second-order valence-electron chi connectivity index (χ2n) is 2.86. The topological polar surface area (TPSA) is 75.3 Å². The van der Waals surface area contributed by atoms with Crippen LogP contribution in [0.2, 0.25) is 0 Å². The standard InChI is InChI=1S/C9H10F2N2O2/c10-5-1-2-6(11)7(3-5)13-9(15)8(14)4-12/h1-3,8,14H,4,12H2,(H,13,15). The largest absolute Gasteiger partial charge is 0.382 e. The fraction of sp³-hybridized carbons (Fsp3) is 0.222. The first kappa shape index (κ1) is 11.5. The van der Waals surface area contributed by atoms with Crippen molar-refractivity contribution >= 4 is 11.6 Å². The van der Waals surface area contributed by atoms with Crippen molar-refractivity contribution in [2.75, 3.05) is 11.9 Å². The predicted octanol–water partition coefficient (Wildman–Crippen LogP) is 0.223. The van der Waals surface area contributed by atoms with Crippen LogP contribution in [0.5, 0.6) is 0 Å². The minimum atomic E-state index is -1.44. The molecule has 1 rings (SSSR count). The highest BCUT2D eigenvalue weighted by Gasteiger charge is 2.14. The molecule has 0 aliphatic rings. The summed E-state index contributed by atoms with van der Waals surface area (Å²) in [7, 11) is 0. The van der Waals surface area contributed by atoms with E-state index < -0.39 is 23.6 Å². The van der Waals surface area contributed by atoms with Gasteiger partial charge in [-0.05, 0) is 12.1 Å². The fourth-order valence-corrected chi connectivity index (χ4v) is 0.916. The first-order chi connectivity index (χ1) is 7.04. The van der Waals surface area contributed by atoms with Gasteiger partial charge in [0.25, 0.3) is 5.91 Å². The third-order valence-electron chi connectivity index (χ3n) is 1.71. The van der Waals surface area contributed by atoms with E-state index >= 15 is 0 Å². The zero-order valence-electron chi connectivity index (χ0n) is 7.71. The van der Waals surface area contributed by atoms with Crippen molar-refractivity contribution in [3.8, 4) is 0 Å². The Bertz CT molecular complexity index is 371. The molecule has 0 aliphatic carbocycles. The molecule has 0 aliphatic heterocycles. The van der Waals surface area contributed by atoms with Crippen LogP contribution in [-0.4, -0.2) is 23.7 Å². The van der Waals surface area contributed by atoms with E-state index in [4.69, 9.17) is 10.8 Å². The average molecular weight is 216 g/mol. The maximum absolute atomic E-state index is 13.0. The minimum absolute atomic E-state index is 0.289. The van der Waals surface area contributed by atoms with E-state index in [-0.39, 0.29) is 12.2 Å². The molecule has 0 fully saturated rings. The summed E-state index contributed by atoms with van der Waals surface area (Å²) in [6.45, 7) is -0.289. The van der Waals surface area contributed by atoms with Crippen LogP contribution in [0, 0.1) is 11.6 Å². The van der Waals surface area contributed by atoms with Gasteiger partial charge in [-0.15, -0.1) is 0 Å². The highest BCUT2D eigenvalue weighted by molar-refractivity contribution is 5.94. The highest BCUT2D eigenvalue weighted by Crippen LogP contribution is 2.15. The summed E-state index contributed by atoms with van der Waals surface area (Å²) in [5.74, 6) is -2.34. The molecule has 1 unspecified atom stereocenters. The molecule has 15 heavy (non-hydrogen) atoms. The number of anilines is 1. The lowest BCUT2D eigenvalue weighted by Gasteiger charge is -2.09. The molecule has 0 aromatic heterocycles. The molecule has 0 saturated heterocycles. The quantitative estimate of drug-likeness (QED) is 0.676. The number of hydrogen-bond acceptors (Lipinski definition) is 3. The summed E-state index contributed by atoms with van der Waals surface area (Å²) in [6, 6.07) is 2.61. The lowest BCUT2D eigenvalue weighted by atomic mass is 10.2. The second-order valence-corrected chi connectivity index (χ2v) is 2.86. The lowest BCUT2D eigenvalue weighted by Crippen LogP contribution is -2.34. The molecule has 1 aromatic rings. The van der Waals surface area contributed by atoms with Gasteiger partial charge in [0.15, 0.2) is 0 Å². The molecule has 0 spiro atoms. The van der Waals surface area contributed by atoms with Gasteiger partial charge in [-0.2, -0.15) is 0 Å². The van der Waals surface area contributed by atoms with Crippen LogP contribution in [-0.2, 0) is 4.79 Å². The Morgan fingerprint density at radius 2 is 2.20 bits per heavy atom. The number of nitrogens with two attached hydrogens (primary N) is 1. The molecule has 4 N–H and O–H groups in total. The number of carbonyl (C=O) groups excluding carboxylic acids is 1. The SMILES string of the molecule is NCC(O)C(=O)Nc1cc(F)ccc1F. The van der Waals surface area contributed by atoms with Gasteiger partial charge >= 0.3 is 0 Å². The van der Waals surface area contributed by atoms with Crippen LogP contribution in [0.1, 0.15) is 0 Å². The Morgan fingerprint density at radius 3 is 2.80 bits per heavy atom. The van der Waals surface area contributed by atoms with Crippen LogP contribution in [0.3, 0.4) is 0 Å². The molecule has 82 valence electrons. The summed E-state index contributed by atoms with van der Waals surface area (Å²) in [5, 5.41) is 11.0. The third kappa shape index (κ3) is 2.97. The Hall–Kier alpha value is -1.53. The monoisotopic (exact) mass is 216 g/mol. The summed E-state index contributed by atoms with van der Waals surface area (Å²) in [5.41, 5.74) is 4.69. The van der Waals surface area contributed by atoms with Gasteiger partial charge in [0.05, 0.1) is 5.69 Å². The number of hydrogen-bond donors (Lipinski definition) is 3. The molecule has 6 heteroatoms. The molecule has 4 nitrogen and oxygen atoms in total. The summed E-state index contributed by atoms with van der Waals surface area (Å²) >= 11 is 0. The van der Waals surface area contributed by atoms with Crippen LogP contribution in [0.15, 0.2) is 18.2 Å². The Balaban J connectivity index is 2.80. The summed E-state index contributed by atoms with van der Waals surface area (Å²) < 4.78 is 25.7. The molecular formula is C9H10F2N2O2. The number of halogens is 2. The van der Waals surface area contributed by atoms with Crippen LogP contribution in [0.4, 0.5) is 14.5 Å². The summed E-state index contributed by atoms with van der Waals surface area (Å²) in [4.78, 5) is 11.1. The highest BCUT2D eigenvalue weighted by atomic mass is 19.1. The zero-order chi connectivity index (χ0) is 11.4. The van der Waals surface area contributed by atoms with Crippen molar-refractivity contribution in [2.45, 2.75) is 6.10 Å². The van der Waals surface area contributed by atoms with E-state index in [0.717, 1.165) is 18.2 Å². The van der Waals surface area contributed by atoms with Crippen molar-refractivity contribution < 1.29 is 18.7 Å². The fourth-order valence-electron chi connectivity index (χ4n) is 0.916. The number of rotatable bonds is 3. The molecular weight excluding hydrogens is 206 g/mol. The number of aliphatic hydroxyl groups excluding tert-OH is 1. The normalized spacial score (nSPS) is 12.3.